The number of hydrogen-bond acceptors (Lipinski definition) is 0. The fourth-order valence-electron chi connectivity index (χ4n) is 4.02. The van der Waals surface area contributed by atoms with Gasteiger partial charge in [0.2, 0.25) is 0 Å². The lowest BCUT2D eigenvalue weighted by Crippen LogP contribution is -2.28. The molecule has 1 aliphatic carbocycles. The van der Waals surface area contributed by atoms with E-state index in [1.54, 1.807) is 0 Å². The molecule has 0 saturated heterocycles. The minimum Gasteiger partial charge on any atom is -0.0622 e. The van der Waals surface area contributed by atoms with Crippen molar-refractivity contribution in [3.05, 3.63) is 95.6 Å². The van der Waals surface area contributed by atoms with Gasteiger partial charge in [0, 0.05) is 5.41 Å². The predicted molar refractivity (Wildman–Crippen MR) is 97.7 cm³/mol. The second-order valence-corrected chi connectivity index (χ2v) is 6.79. The smallest absolute Gasteiger partial charge is 0.0177 e. The standard InChI is InChI=1S/C23H22/c1-23(21-12-6-3-7-13-21)16-8-11-20-17-19(14-15-22(20)23)18-9-4-2-5-10-18/h2-7,9-10,12-15,17H,8,11,16H2,1H3. The first-order valence-corrected chi connectivity index (χ1v) is 8.52. The maximum Gasteiger partial charge on any atom is 0.0177 e. The molecule has 4 rings (SSSR count). The second-order valence-electron chi connectivity index (χ2n) is 6.79. The third kappa shape index (κ3) is 2.49. The van der Waals surface area contributed by atoms with Crippen molar-refractivity contribution in [1.29, 1.82) is 0 Å². The molecule has 0 fully saturated rings. The quantitative estimate of drug-likeness (QED) is 0.544. The van der Waals surface area contributed by atoms with Gasteiger partial charge in [-0.2, -0.15) is 0 Å². The summed E-state index contributed by atoms with van der Waals surface area (Å²) in [6.07, 6.45) is 3.68. The van der Waals surface area contributed by atoms with Crippen LogP contribution in [-0.2, 0) is 11.8 Å². The molecule has 0 N–H and O–H groups in total. The molecule has 0 bridgehead atoms. The Morgan fingerprint density at radius 3 is 2.17 bits per heavy atom. The van der Waals surface area contributed by atoms with Crippen LogP contribution in [0.3, 0.4) is 0 Å². The molecule has 0 aromatic heterocycles. The van der Waals surface area contributed by atoms with E-state index in [2.05, 4.69) is 85.8 Å². The van der Waals surface area contributed by atoms with Crippen molar-refractivity contribution in [3.8, 4) is 11.1 Å². The van der Waals surface area contributed by atoms with E-state index in [1.807, 2.05) is 0 Å². The van der Waals surface area contributed by atoms with E-state index < -0.39 is 0 Å². The van der Waals surface area contributed by atoms with Gasteiger partial charge >= 0.3 is 0 Å². The van der Waals surface area contributed by atoms with Crippen LogP contribution < -0.4 is 0 Å². The summed E-state index contributed by atoms with van der Waals surface area (Å²) in [4.78, 5) is 0. The average Bonchev–Trinajstić information content (AvgIpc) is 2.63. The van der Waals surface area contributed by atoms with Gasteiger partial charge in [0.05, 0.1) is 0 Å². The highest BCUT2D eigenvalue weighted by Crippen LogP contribution is 2.43. The summed E-state index contributed by atoms with van der Waals surface area (Å²) in [6.45, 7) is 2.41. The molecule has 0 radical (unpaired) electrons. The first kappa shape index (κ1) is 14.3. The highest BCUT2D eigenvalue weighted by Gasteiger charge is 2.33. The number of benzene rings is 3. The summed E-state index contributed by atoms with van der Waals surface area (Å²) in [5.41, 5.74) is 7.25. The summed E-state index contributed by atoms with van der Waals surface area (Å²) in [5.74, 6) is 0. The number of rotatable bonds is 2. The molecule has 0 amide bonds. The van der Waals surface area contributed by atoms with Crippen molar-refractivity contribution in [2.75, 3.05) is 0 Å². The summed E-state index contributed by atoms with van der Waals surface area (Å²) < 4.78 is 0. The van der Waals surface area contributed by atoms with Gasteiger partial charge in [-0.15, -0.1) is 0 Å². The Kier molecular flexibility index (Phi) is 3.53. The Labute approximate surface area is 138 Å². The number of aryl methyl sites for hydroxylation is 1. The summed E-state index contributed by atoms with van der Waals surface area (Å²) in [5, 5.41) is 0. The van der Waals surface area contributed by atoms with E-state index in [9.17, 15) is 0 Å². The zero-order chi connectivity index (χ0) is 15.7. The average molecular weight is 298 g/mol. The normalized spacial score (nSPS) is 20.0. The van der Waals surface area contributed by atoms with Crippen LogP contribution in [0.2, 0.25) is 0 Å². The van der Waals surface area contributed by atoms with Gasteiger partial charge in [-0.05, 0) is 47.1 Å². The second kappa shape index (κ2) is 5.70. The molecule has 23 heavy (non-hydrogen) atoms. The Balaban J connectivity index is 1.81. The van der Waals surface area contributed by atoms with Crippen LogP contribution in [0, 0.1) is 0 Å². The van der Waals surface area contributed by atoms with Crippen molar-refractivity contribution >= 4 is 0 Å². The lowest BCUT2D eigenvalue weighted by molar-refractivity contribution is 0.465. The predicted octanol–water partition coefficient (Wildman–Crippen LogP) is 6.00. The molecule has 0 nitrogen and oxygen atoms in total. The van der Waals surface area contributed by atoms with Crippen molar-refractivity contribution in [1.82, 2.24) is 0 Å². The Morgan fingerprint density at radius 2 is 1.43 bits per heavy atom. The van der Waals surface area contributed by atoms with Crippen molar-refractivity contribution in [2.24, 2.45) is 0 Å². The van der Waals surface area contributed by atoms with Crippen molar-refractivity contribution < 1.29 is 0 Å². The molecule has 114 valence electrons. The SMILES string of the molecule is CC1(c2ccccc2)CCCc2cc(-c3ccccc3)ccc21. The first-order chi connectivity index (χ1) is 11.3. The molecular weight excluding hydrogens is 276 g/mol. The zero-order valence-corrected chi connectivity index (χ0v) is 13.6. The van der Waals surface area contributed by atoms with Crippen LogP contribution in [0.4, 0.5) is 0 Å². The molecular formula is C23H22. The van der Waals surface area contributed by atoms with E-state index in [-0.39, 0.29) is 5.41 Å². The van der Waals surface area contributed by atoms with E-state index >= 15 is 0 Å². The number of fused-ring (bicyclic) bond motifs is 1. The van der Waals surface area contributed by atoms with Gasteiger partial charge in [0.25, 0.3) is 0 Å². The molecule has 3 aromatic rings. The van der Waals surface area contributed by atoms with Crippen LogP contribution in [0.5, 0.6) is 0 Å². The van der Waals surface area contributed by atoms with Crippen LogP contribution in [0.25, 0.3) is 11.1 Å². The molecule has 1 aliphatic rings. The maximum atomic E-state index is 2.41. The highest BCUT2D eigenvalue weighted by atomic mass is 14.4. The maximum absolute atomic E-state index is 2.41. The lowest BCUT2D eigenvalue weighted by atomic mass is 9.67. The monoisotopic (exact) mass is 298 g/mol. The summed E-state index contributed by atoms with van der Waals surface area (Å²) >= 11 is 0. The van der Waals surface area contributed by atoms with Gasteiger partial charge in [-0.25, -0.2) is 0 Å². The van der Waals surface area contributed by atoms with Gasteiger partial charge < -0.3 is 0 Å². The van der Waals surface area contributed by atoms with Gasteiger partial charge in [0.15, 0.2) is 0 Å². The summed E-state index contributed by atoms with van der Waals surface area (Å²) in [6, 6.07) is 28.7. The third-order valence-corrected chi connectivity index (χ3v) is 5.34. The molecule has 0 aliphatic heterocycles. The Hall–Kier alpha value is -2.34. The molecule has 0 saturated carbocycles. The highest BCUT2D eigenvalue weighted by molar-refractivity contribution is 5.66. The van der Waals surface area contributed by atoms with Crippen LogP contribution in [-0.4, -0.2) is 0 Å². The number of hydrogen-bond donors (Lipinski definition) is 0. The topological polar surface area (TPSA) is 0 Å². The van der Waals surface area contributed by atoms with E-state index in [1.165, 1.54) is 47.1 Å². The third-order valence-electron chi connectivity index (χ3n) is 5.34. The minimum absolute atomic E-state index is 0.143. The van der Waals surface area contributed by atoms with E-state index in [0.717, 1.165) is 0 Å². The van der Waals surface area contributed by atoms with Gasteiger partial charge in [-0.1, -0.05) is 85.8 Å². The Morgan fingerprint density at radius 1 is 0.739 bits per heavy atom. The largest absolute Gasteiger partial charge is 0.0622 e. The fourth-order valence-corrected chi connectivity index (χ4v) is 4.02. The molecule has 1 atom stereocenters. The van der Waals surface area contributed by atoms with Crippen molar-refractivity contribution in [2.45, 2.75) is 31.6 Å². The van der Waals surface area contributed by atoms with Crippen molar-refractivity contribution in [3.63, 3.8) is 0 Å². The van der Waals surface area contributed by atoms with Crippen LogP contribution >= 0.6 is 0 Å². The first-order valence-electron chi connectivity index (χ1n) is 8.52. The molecule has 0 heterocycles. The molecule has 1 unspecified atom stereocenters. The zero-order valence-electron chi connectivity index (χ0n) is 13.6. The fraction of sp³-hybridized carbons (Fsp3) is 0.217. The van der Waals surface area contributed by atoms with E-state index in [0.29, 0.717) is 0 Å². The van der Waals surface area contributed by atoms with Crippen LogP contribution in [0.1, 0.15) is 36.5 Å². The summed E-state index contributed by atoms with van der Waals surface area (Å²) in [7, 11) is 0. The molecule has 0 spiro atoms. The lowest BCUT2D eigenvalue weighted by Gasteiger charge is -2.37. The Bertz CT molecular complexity index is 802. The molecule has 0 heteroatoms. The van der Waals surface area contributed by atoms with Gasteiger partial charge in [-0.3, -0.25) is 0 Å². The van der Waals surface area contributed by atoms with Gasteiger partial charge in [0.1, 0.15) is 0 Å². The molecule has 3 aromatic carbocycles. The minimum atomic E-state index is 0.143. The van der Waals surface area contributed by atoms with E-state index in [4.69, 9.17) is 0 Å². The van der Waals surface area contributed by atoms with Crippen LogP contribution in [0.15, 0.2) is 78.9 Å².